The van der Waals surface area contributed by atoms with Gasteiger partial charge in [0.05, 0.1) is 5.56 Å². The zero-order valence-corrected chi connectivity index (χ0v) is 12.6. The molecule has 0 atom stereocenters. The first-order valence-electron chi connectivity index (χ1n) is 6.46. The van der Waals surface area contributed by atoms with Gasteiger partial charge in [-0.25, -0.2) is 9.78 Å². The lowest BCUT2D eigenvalue weighted by molar-refractivity contribution is -0.141. The maximum atomic E-state index is 12.6. The quantitative estimate of drug-likeness (QED) is 0.781. The molecule has 1 N–H and O–H groups in total. The second kappa shape index (κ2) is 7.65. The highest BCUT2D eigenvalue weighted by molar-refractivity contribution is 7.99. The summed E-state index contributed by atoms with van der Waals surface area (Å²) in [5.41, 5.74) is -1.27. The molecular weight excluding hydrogens is 305 g/mol. The normalized spacial score (nSPS) is 11.9. The van der Waals surface area contributed by atoms with Crippen molar-refractivity contribution in [2.75, 3.05) is 25.4 Å². The Balaban J connectivity index is 2.89. The van der Waals surface area contributed by atoms with Crippen LogP contribution in [0, 0.1) is 0 Å². The molecule has 1 heterocycles. The van der Waals surface area contributed by atoms with Gasteiger partial charge in [0, 0.05) is 12.3 Å². The number of alkyl halides is 3. The number of aromatic carboxylic acids is 1. The van der Waals surface area contributed by atoms with Crippen molar-refractivity contribution < 1.29 is 23.1 Å². The van der Waals surface area contributed by atoms with E-state index in [-0.39, 0.29) is 10.6 Å². The van der Waals surface area contributed by atoms with E-state index in [2.05, 4.69) is 9.88 Å². The first-order chi connectivity index (χ1) is 9.79. The average molecular weight is 322 g/mol. The number of pyridine rings is 1. The van der Waals surface area contributed by atoms with Crippen LogP contribution in [0.4, 0.5) is 13.2 Å². The minimum atomic E-state index is -4.58. The van der Waals surface area contributed by atoms with E-state index < -0.39 is 17.8 Å². The van der Waals surface area contributed by atoms with Gasteiger partial charge in [-0.05, 0) is 25.2 Å². The van der Waals surface area contributed by atoms with Crippen molar-refractivity contribution in [2.45, 2.75) is 25.0 Å². The molecule has 21 heavy (non-hydrogen) atoms. The molecule has 4 nitrogen and oxygen atoms in total. The van der Waals surface area contributed by atoms with Gasteiger partial charge in [0.15, 0.2) is 0 Å². The fourth-order valence-electron chi connectivity index (χ4n) is 1.68. The molecule has 0 aliphatic heterocycles. The maximum Gasteiger partial charge on any atom is 0.433 e. The molecule has 0 amide bonds. The smallest absolute Gasteiger partial charge is 0.433 e. The van der Waals surface area contributed by atoms with Crippen LogP contribution in [-0.4, -0.2) is 46.3 Å². The Morgan fingerprint density at radius 3 is 2.43 bits per heavy atom. The van der Waals surface area contributed by atoms with Crippen LogP contribution in [0.25, 0.3) is 0 Å². The zero-order chi connectivity index (χ0) is 16.0. The van der Waals surface area contributed by atoms with E-state index in [1.54, 1.807) is 0 Å². The van der Waals surface area contributed by atoms with Gasteiger partial charge in [-0.2, -0.15) is 13.2 Å². The summed E-state index contributed by atoms with van der Waals surface area (Å²) in [5.74, 6) is -0.794. The lowest BCUT2D eigenvalue weighted by Crippen LogP contribution is -2.25. The van der Waals surface area contributed by atoms with Gasteiger partial charge in [0.25, 0.3) is 0 Å². The third kappa shape index (κ3) is 5.20. The van der Waals surface area contributed by atoms with Crippen LogP contribution in [0.2, 0.25) is 0 Å². The summed E-state index contributed by atoms with van der Waals surface area (Å²) in [6.45, 7) is 6.30. The molecule has 8 heteroatoms. The fraction of sp³-hybridized carbons (Fsp3) is 0.538. The largest absolute Gasteiger partial charge is 0.478 e. The molecule has 0 aliphatic carbocycles. The van der Waals surface area contributed by atoms with E-state index >= 15 is 0 Å². The van der Waals surface area contributed by atoms with Crippen molar-refractivity contribution in [1.82, 2.24) is 9.88 Å². The summed E-state index contributed by atoms with van der Waals surface area (Å²) in [6, 6.07) is 1.65. The highest BCUT2D eigenvalue weighted by Gasteiger charge is 2.33. The topological polar surface area (TPSA) is 53.4 Å². The van der Waals surface area contributed by atoms with E-state index in [4.69, 9.17) is 5.11 Å². The highest BCUT2D eigenvalue weighted by Crippen LogP contribution is 2.30. The number of nitrogens with zero attached hydrogens (tertiary/aromatic N) is 2. The summed E-state index contributed by atoms with van der Waals surface area (Å²) in [4.78, 5) is 16.6. The second-order valence-corrected chi connectivity index (χ2v) is 5.31. The van der Waals surface area contributed by atoms with Crippen LogP contribution in [0.5, 0.6) is 0 Å². The van der Waals surface area contributed by atoms with Crippen LogP contribution in [0.1, 0.15) is 29.9 Å². The fourth-order valence-corrected chi connectivity index (χ4v) is 2.70. The van der Waals surface area contributed by atoms with Crippen LogP contribution < -0.4 is 0 Å². The van der Waals surface area contributed by atoms with Crippen molar-refractivity contribution in [3.05, 3.63) is 23.4 Å². The molecule has 0 spiro atoms. The van der Waals surface area contributed by atoms with E-state index in [9.17, 15) is 18.0 Å². The van der Waals surface area contributed by atoms with Gasteiger partial charge in [-0.1, -0.05) is 13.8 Å². The van der Waals surface area contributed by atoms with Gasteiger partial charge >= 0.3 is 12.1 Å². The molecule has 0 bridgehead atoms. The number of carboxylic acids is 1. The molecule has 1 aromatic heterocycles. The van der Waals surface area contributed by atoms with Crippen molar-refractivity contribution in [3.63, 3.8) is 0 Å². The molecule has 0 saturated carbocycles. The summed E-state index contributed by atoms with van der Waals surface area (Å²) in [7, 11) is 0. The summed E-state index contributed by atoms with van der Waals surface area (Å²) in [5, 5.41) is 8.92. The second-order valence-electron chi connectivity index (χ2n) is 4.23. The molecule has 1 rings (SSSR count). The van der Waals surface area contributed by atoms with Crippen LogP contribution >= 0.6 is 11.8 Å². The predicted molar refractivity (Wildman–Crippen MR) is 74.7 cm³/mol. The average Bonchev–Trinajstić information content (AvgIpc) is 2.42. The van der Waals surface area contributed by atoms with Gasteiger partial charge < -0.3 is 10.0 Å². The van der Waals surface area contributed by atoms with Crippen LogP contribution in [-0.2, 0) is 6.18 Å². The van der Waals surface area contributed by atoms with E-state index in [0.717, 1.165) is 30.9 Å². The third-order valence-electron chi connectivity index (χ3n) is 2.92. The van der Waals surface area contributed by atoms with Gasteiger partial charge in [-0.3, -0.25) is 0 Å². The predicted octanol–water partition coefficient (Wildman–Crippen LogP) is 3.23. The summed E-state index contributed by atoms with van der Waals surface area (Å²) in [6.07, 6.45) is -4.58. The molecule has 0 unspecified atom stereocenters. The van der Waals surface area contributed by atoms with Crippen molar-refractivity contribution in [1.29, 1.82) is 0 Å². The number of thioether (sulfide) groups is 1. The Morgan fingerprint density at radius 1 is 1.33 bits per heavy atom. The Labute approximate surface area is 125 Å². The van der Waals surface area contributed by atoms with Gasteiger partial charge in [0.1, 0.15) is 10.7 Å². The Hall–Kier alpha value is -1.28. The number of carboxylic acid groups (broad SMARTS) is 1. The molecule has 118 valence electrons. The lowest BCUT2D eigenvalue weighted by Gasteiger charge is -2.17. The first-order valence-corrected chi connectivity index (χ1v) is 7.44. The SMILES string of the molecule is CCN(CC)CCSc1nc(C(F)(F)F)ccc1C(=O)O. The number of halogens is 3. The maximum absolute atomic E-state index is 12.6. The molecular formula is C13H17F3N2O2S. The molecule has 0 radical (unpaired) electrons. The minimum absolute atomic E-state index is 0.0931. The van der Waals surface area contributed by atoms with Gasteiger partial charge in [-0.15, -0.1) is 11.8 Å². The Bertz CT molecular complexity index is 491. The van der Waals surface area contributed by atoms with E-state index in [1.165, 1.54) is 0 Å². The summed E-state index contributed by atoms with van der Waals surface area (Å²) >= 11 is 1.03. The van der Waals surface area contributed by atoms with Crippen molar-refractivity contribution in [2.24, 2.45) is 0 Å². The highest BCUT2D eigenvalue weighted by atomic mass is 32.2. The molecule has 1 aromatic rings. The molecule has 0 saturated heterocycles. The van der Waals surface area contributed by atoms with Crippen molar-refractivity contribution >= 4 is 17.7 Å². The van der Waals surface area contributed by atoms with E-state index in [1.807, 2.05) is 13.8 Å². The lowest BCUT2D eigenvalue weighted by atomic mass is 10.2. The Morgan fingerprint density at radius 2 is 1.95 bits per heavy atom. The third-order valence-corrected chi connectivity index (χ3v) is 3.89. The summed E-state index contributed by atoms with van der Waals surface area (Å²) < 4.78 is 37.9. The standard InChI is InChI=1S/C13H17F3N2O2S/c1-3-18(4-2)7-8-21-11-9(12(19)20)5-6-10(17-11)13(14,15)16/h5-6H,3-4,7-8H2,1-2H3,(H,19,20). The number of hydrogen-bond donors (Lipinski definition) is 1. The zero-order valence-electron chi connectivity index (χ0n) is 11.8. The van der Waals surface area contributed by atoms with Crippen LogP contribution in [0.15, 0.2) is 17.2 Å². The monoisotopic (exact) mass is 322 g/mol. The number of carbonyl (C=O) groups is 1. The molecule has 0 aliphatic rings. The molecule has 0 fully saturated rings. The number of rotatable bonds is 7. The number of hydrogen-bond acceptors (Lipinski definition) is 4. The Kier molecular flexibility index (Phi) is 6.47. The number of aromatic nitrogens is 1. The molecule has 0 aromatic carbocycles. The van der Waals surface area contributed by atoms with E-state index in [0.29, 0.717) is 18.4 Å². The minimum Gasteiger partial charge on any atom is -0.478 e. The van der Waals surface area contributed by atoms with Crippen LogP contribution in [0.3, 0.4) is 0 Å². The van der Waals surface area contributed by atoms with Gasteiger partial charge in [0.2, 0.25) is 0 Å². The first kappa shape index (κ1) is 17.8. The van der Waals surface area contributed by atoms with Crippen molar-refractivity contribution in [3.8, 4) is 0 Å².